The van der Waals surface area contributed by atoms with Crippen LogP contribution in [0.25, 0.3) is 0 Å². The van der Waals surface area contributed by atoms with Gasteiger partial charge < -0.3 is 11.1 Å². The Morgan fingerprint density at radius 3 is 2.86 bits per heavy atom. The van der Waals surface area contributed by atoms with Gasteiger partial charge in [-0.3, -0.25) is 0 Å². The molecule has 0 aliphatic heterocycles. The van der Waals surface area contributed by atoms with Gasteiger partial charge in [-0.05, 0) is 19.3 Å². The Bertz CT molecular complexity index is 306. The molecule has 78 valence electrons. The van der Waals surface area contributed by atoms with Crippen LogP contribution in [0.3, 0.4) is 0 Å². The summed E-state index contributed by atoms with van der Waals surface area (Å²) < 4.78 is 4.21. The average molecular weight is 212 g/mol. The number of aromatic nitrogens is 2. The summed E-state index contributed by atoms with van der Waals surface area (Å²) in [4.78, 5) is 4.33. The van der Waals surface area contributed by atoms with Crippen LogP contribution in [0.4, 0.5) is 5.13 Å². The van der Waals surface area contributed by atoms with Gasteiger partial charge in [-0.2, -0.15) is 4.37 Å². The highest BCUT2D eigenvalue weighted by Gasteiger charge is 2.32. The standard InChI is InChI=1S/C9H16N4S/c1-2-7-12-8(14-13-7)11-6-9(10)4-3-5-9/h2-6,10H2,1H3,(H,11,12,13). The van der Waals surface area contributed by atoms with Gasteiger partial charge in [0.05, 0.1) is 0 Å². The van der Waals surface area contributed by atoms with E-state index < -0.39 is 0 Å². The molecule has 3 N–H and O–H groups in total. The van der Waals surface area contributed by atoms with E-state index in [1.165, 1.54) is 18.0 Å². The van der Waals surface area contributed by atoms with E-state index >= 15 is 0 Å². The SMILES string of the molecule is CCc1nsc(NCC2(N)CCC2)n1. The van der Waals surface area contributed by atoms with E-state index in [1.807, 2.05) is 0 Å². The number of nitrogens with one attached hydrogen (secondary N) is 1. The Hall–Kier alpha value is -0.680. The molecule has 0 saturated heterocycles. The molecular weight excluding hydrogens is 196 g/mol. The summed E-state index contributed by atoms with van der Waals surface area (Å²) in [5.74, 6) is 0.914. The number of hydrogen-bond acceptors (Lipinski definition) is 5. The maximum Gasteiger partial charge on any atom is 0.202 e. The van der Waals surface area contributed by atoms with Crippen LogP contribution in [-0.2, 0) is 6.42 Å². The molecule has 4 nitrogen and oxygen atoms in total. The Labute approximate surface area is 88.1 Å². The van der Waals surface area contributed by atoms with Gasteiger partial charge in [-0.25, -0.2) is 4.98 Å². The lowest BCUT2D eigenvalue weighted by atomic mass is 9.78. The van der Waals surface area contributed by atoms with Gasteiger partial charge in [0.2, 0.25) is 5.13 Å². The maximum atomic E-state index is 6.08. The Kier molecular flexibility index (Phi) is 2.69. The first-order valence-corrected chi connectivity index (χ1v) is 5.84. The van der Waals surface area contributed by atoms with Crippen molar-refractivity contribution in [3.63, 3.8) is 0 Å². The van der Waals surface area contributed by atoms with Crippen molar-refractivity contribution in [2.24, 2.45) is 5.73 Å². The highest BCUT2D eigenvalue weighted by Crippen LogP contribution is 2.29. The lowest BCUT2D eigenvalue weighted by Gasteiger charge is -2.37. The summed E-state index contributed by atoms with van der Waals surface area (Å²) in [5, 5.41) is 4.16. The molecule has 0 unspecified atom stereocenters. The topological polar surface area (TPSA) is 63.8 Å². The molecule has 1 aromatic rings. The third-order valence-corrected chi connectivity index (χ3v) is 3.44. The van der Waals surface area contributed by atoms with Gasteiger partial charge in [-0.1, -0.05) is 6.92 Å². The minimum atomic E-state index is 0.0120. The van der Waals surface area contributed by atoms with E-state index in [-0.39, 0.29) is 5.54 Å². The molecule has 14 heavy (non-hydrogen) atoms. The molecule has 1 heterocycles. The normalized spacial score (nSPS) is 19.0. The molecule has 0 spiro atoms. The van der Waals surface area contributed by atoms with Gasteiger partial charge in [-0.15, -0.1) is 0 Å². The lowest BCUT2D eigenvalue weighted by molar-refractivity contribution is 0.265. The zero-order valence-corrected chi connectivity index (χ0v) is 9.23. The summed E-state index contributed by atoms with van der Waals surface area (Å²) in [6.07, 6.45) is 4.40. The fourth-order valence-electron chi connectivity index (χ4n) is 1.53. The molecule has 2 rings (SSSR count). The Balaban J connectivity index is 1.85. The van der Waals surface area contributed by atoms with Gasteiger partial charge in [0, 0.05) is 30.0 Å². The fraction of sp³-hybridized carbons (Fsp3) is 0.778. The van der Waals surface area contributed by atoms with Gasteiger partial charge >= 0.3 is 0 Å². The van der Waals surface area contributed by atoms with Crippen molar-refractivity contribution in [1.82, 2.24) is 9.36 Å². The number of aryl methyl sites for hydroxylation is 1. The fourth-order valence-corrected chi connectivity index (χ4v) is 2.17. The highest BCUT2D eigenvalue weighted by molar-refractivity contribution is 7.09. The summed E-state index contributed by atoms with van der Waals surface area (Å²) in [7, 11) is 0. The van der Waals surface area contributed by atoms with Crippen molar-refractivity contribution < 1.29 is 0 Å². The predicted octanol–water partition coefficient (Wildman–Crippen LogP) is 1.39. The van der Waals surface area contributed by atoms with E-state index in [4.69, 9.17) is 5.73 Å². The molecule has 1 saturated carbocycles. The molecule has 0 aromatic carbocycles. The second-order valence-corrected chi connectivity index (χ2v) is 4.69. The van der Waals surface area contributed by atoms with Crippen molar-refractivity contribution in [2.45, 2.75) is 38.1 Å². The predicted molar refractivity (Wildman–Crippen MR) is 58.5 cm³/mol. The molecule has 0 radical (unpaired) electrons. The molecule has 0 amide bonds. The quantitative estimate of drug-likeness (QED) is 0.791. The molecule has 5 heteroatoms. The van der Waals surface area contributed by atoms with Gasteiger partial charge in [0.15, 0.2) is 0 Å². The first kappa shape index (κ1) is 9.86. The smallest absolute Gasteiger partial charge is 0.202 e. The first-order chi connectivity index (χ1) is 6.72. The first-order valence-electron chi connectivity index (χ1n) is 5.07. The van der Waals surface area contributed by atoms with Crippen LogP contribution in [0.5, 0.6) is 0 Å². The van der Waals surface area contributed by atoms with Crippen LogP contribution >= 0.6 is 11.5 Å². The van der Waals surface area contributed by atoms with Crippen LogP contribution in [0, 0.1) is 0 Å². The van der Waals surface area contributed by atoms with Crippen molar-refractivity contribution in [3.05, 3.63) is 5.82 Å². The van der Waals surface area contributed by atoms with Crippen LogP contribution < -0.4 is 11.1 Å². The minimum absolute atomic E-state index is 0.0120. The summed E-state index contributed by atoms with van der Waals surface area (Å²) in [6, 6.07) is 0. The summed E-state index contributed by atoms with van der Waals surface area (Å²) in [5.41, 5.74) is 6.10. The number of rotatable bonds is 4. The van der Waals surface area contributed by atoms with Crippen LogP contribution in [0.1, 0.15) is 32.0 Å². The van der Waals surface area contributed by atoms with Crippen molar-refractivity contribution in [1.29, 1.82) is 0 Å². The Morgan fingerprint density at radius 2 is 2.36 bits per heavy atom. The van der Waals surface area contributed by atoms with Crippen LogP contribution in [-0.4, -0.2) is 21.4 Å². The molecule has 0 atom stereocenters. The van der Waals surface area contributed by atoms with E-state index in [0.717, 1.165) is 36.8 Å². The second-order valence-electron chi connectivity index (χ2n) is 3.94. The second kappa shape index (κ2) is 3.82. The van der Waals surface area contributed by atoms with Crippen molar-refractivity contribution in [3.8, 4) is 0 Å². The van der Waals surface area contributed by atoms with Crippen molar-refractivity contribution in [2.75, 3.05) is 11.9 Å². The average Bonchev–Trinajstić information content (AvgIpc) is 2.59. The summed E-state index contributed by atoms with van der Waals surface area (Å²) >= 11 is 1.42. The third kappa shape index (κ3) is 2.04. The number of anilines is 1. The molecule has 0 bridgehead atoms. The summed E-state index contributed by atoms with van der Waals surface area (Å²) in [6.45, 7) is 2.88. The van der Waals surface area contributed by atoms with E-state index in [0.29, 0.717) is 0 Å². The van der Waals surface area contributed by atoms with E-state index in [1.54, 1.807) is 0 Å². The number of hydrogen-bond donors (Lipinski definition) is 2. The Morgan fingerprint density at radius 1 is 1.57 bits per heavy atom. The molecular formula is C9H16N4S. The molecule has 1 aliphatic carbocycles. The van der Waals surface area contributed by atoms with Crippen LogP contribution in [0.15, 0.2) is 0 Å². The molecule has 1 fully saturated rings. The van der Waals surface area contributed by atoms with Crippen molar-refractivity contribution >= 4 is 16.7 Å². The number of nitrogens with zero attached hydrogens (tertiary/aromatic N) is 2. The van der Waals surface area contributed by atoms with Gasteiger partial charge in [0.1, 0.15) is 5.82 Å². The maximum absolute atomic E-state index is 6.08. The minimum Gasteiger partial charge on any atom is -0.358 e. The monoisotopic (exact) mass is 212 g/mol. The lowest BCUT2D eigenvalue weighted by Crippen LogP contribution is -2.51. The zero-order valence-electron chi connectivity index (χ0n) is 8.42. The highest BCUT2D eigenvalue weighted by atomic mass is 32.1. The third-order valence-electron chi connectivity index (χ3n) is 2.73. The largest absolute Gasteiger partial charge is 0.358 e. The molecule has 1 aliphatic rings. The zero-order chi connectivity index (χ0) is 10.0. The van der Waals surface area contributed by atoms with Crippen LogP contribution in [0.2, 0.25) is 0 Å². The molecule has 1 aromatic heterocycles. The van der Waals surface area contributed by atoms with Gasteiger partial charge in [0.25, 0.3) is 0 Å². The number of nitrogens with two attached hydrogens (primary N) is 1. The van der Waals surface area contributed by atoms with E-state index in [9.17, 15) is 0 Å². The van der Waals surface area contributed by atoms with E-state index in [2.05, 4.69) is 21.6 Å².